The van der Waals surface area contributed by atoms with E-state index in [1.165, 1.54) is 11.6 Å². The molecule has 0 unspecified atom stereocenters. The number of halogens is 2. The number of alkyl halides is 1. The number of rotatable bonds is 0. The molecular formula is C3H5I2NS. The zero-order chi connectivity index (χ0) is 5.28. The Morgan fingerprint density at radius 2 is 2.43 bits per heavy atom. The highest BCUT2D eigenvalue weighted by molar-refractivity contribution is 14.1. The molecule has 0 aliphatic carbocycles. The maximum absolute atomic E-state index is 2.46. The Bertz CT molecular complexity index is 62.0. The normalized spacial score (nSPS) is 34.3. The maximum atomic E-state index is 2.46. The number of hydrogen-bond acceptors (Lipinski definition) is 2. The molecule has 0 saturated carbocycles. The molecule has 0 aromatic rings. The van der Waals surface area contributed by atoms with Crippen LogP contribution in [0.5, 0.6) is 0 Å². The van der Waals surface area contributed by atoms with Gasteiger partial charge < -0.3 is 0 Å². The van der Waals surface area contributed by atoms with Gasteiger partial charge >= 0.3 is 0 Å². The van der Waals surface area contributed by atoms with Crippen molar-refractivity contribution < 1.29 is 0 Å². The molecule has 42 valence electrons. The Kier molecular flexibility index (Phi) is 3.02. The van der Waals surface area contributed by atoms with Gasteiger partial charge in [0, 0.05) is 28.6 Å². The summed E-state index contributed by atoms with van der Waals surface area (Å²) >= 11 is 6.82. The molecule has 1 aliphatic heterocycles. The zero-order valence-electron chi connectivity index (χ0n) is 3.60. The second-order valence-corrected chi connectivity index (χ2v) is 5.01. The van der Waals surface area contributed by atoms with Crippen LogP contribution in [0, 0.1) is 0 Å². The molecule has 0 aromatic heterocycles. The highest BCUT2D eigenvalue weighted by Crippen LogP contribution is 2.27. The molecule has 0 amide bonds. The molecule has 1 aliphatic rings. The van der Waals surface area contributed by atoms with Crippen molar-refractivity contribution in [1.82, 2.24) is 3.11 Å². The summed E-state index contributed by atoms with van der Waals surface area (Å²) in [5.74, 6) is 2.50. The first-order valence-corrected chi connectivity index (χ1v) is 5.31. The van der Waals surface area contributed by atoms with Gasteiger partial charge in [0.1, 0.15) is 0 Å². The lowest BCUT2D eigenvalue weighted by Gasteiger charge is -2.05. The summed E-state index contributed by atoms with van der Waals surface area (Å²) < 4.78 is 3.09. The van der Waals surface area contributed by atoms with Gasteiger partial charge in [-0.05, 0) is 0 Å². The number of thioether (sulfide) groups is 1. The van der Waals surface area contributed by atoms with E-state index in [2.05, 4.69) is 48.6 Å². The van der Waals surface area contributed by atoms with Crippen molar-refractivity contribution in [2.24, 2.45) is 0 Å². The van der Waals surface area contributed by atoms with Crippen molar-refractivity contribution in [3.63, 3.8) is 0 Å². The minimum Gasteiger partial charge on any atom is -0.224 e. The van der Waals surface area contributed by atoms with Crippen molar-refractivity contribution in [2.75, 3.05) is 11.6 Å². The van der Waals surface area contributed by atoms with Crippen LogP contribution in [0.25, 0.3) is 0 Å². The molecule has 7 heavy (non-hydrogen) atoms. The fraction of sp³-hybridized carbons (Fsp3) is 1.00. The van der Waals surface area contributed by atoms with Crippen LogP contribution in [0.1, 0.15) is 0 Å². The van der Waals surface area contributed by atoms with E-state index < -0.39 is 0 Å². The first kappa shape index (κ1) is 6.88. The first-order valence-electron chi connectivity index (χ1n) is 1.95. The lowest BCUT2D eigenvalue weighted by atomic mass is 10.8. The van der Waals surface area contributed by atoms with Gasteiger partial charge in [-0.1, -0.05) is 22.6 Å². The second-order valence-electron chi connectivity index (χ2n) is 1.33. The van der Waals surface area contributed by atoms with Crippen molar-refractivity contribution in [1.29, 1.82) is 0 Å². The number of hydrogen-bond donors (Lipinski definition) is 0. The second kappa shape index (κ2) is 3.07. The molecule has 0 bridgehead atoms. The summed E-state index contributed by atoms with van der Waals surface area (Å²) in [5.41, 5.74) is 0. The Morgan fingerprint density at radius 3 is 2.57 bits per heavy atom. The summed E-state index contributed by atoms with van der Waals surface area (Å²) in [5, 5.41) is 0. The standard InChI is InChI=1S/C3H5I2NS/c4-3-1-7-2-6(3)5/h3H,1-2H2/t3-/m0/s1. The van der Waals surface area contributed by atoms with Gasteiger partial charge in [0.05, 0.1) is 9.93 Å². The lowest BCUT2D eigenvalue weighted by molar-refractivity contribution is 0.640. The monoisotopic (exact) mass is 341 g/mol. The van der Waals surface area contributed by atoms with Gasteiger partial charge in [0.25, 0.3) is 0 Å². The summed E-state index contributed by atoms with van der Waals surface area (Å²) in [4.78, 5) is 0. The third-order valence-electron chi connectivity index (χ3n) is 0.774. The van der Waals surface area contributed by atoms with Crippen molar-refractivity contribution in [3.05, 3.63) is 0 Å². The Hall–Kier alpha value is 1.77. The van der Waals surface area contributed by atoms with E-state index in [9.17, 15) is 0 Å². The predicted octanol–water partition coefficient (Wildman–Crippen LogP) is 2.10. The van der Waals surface area contributed by atoms with Crippen molar-refractivity contribution in [2.45, 2.75) is 4.05 Å². The smallest absolute Gasteiger partial charge is 0.0809 e. The fourth-order valence-electron chi connectivity index (χ4n) is 0.399. The van der Waals surface area contributed by atoms with Crippen LogP contribution >= 0.6 is 57.2 Å². The van der Waals surface area contributed by atoms with Crippen LogP contribution in [-0.4, -0.2) is 18.8 Å². The SMILES string of the molecule is I[C@@H]1CSCN1I. The molecule has 1 nitrogen and oxygen atoms in total. The largest absolute Gasteiger partial charge is 0.224 e. The molecule has 0 spiro atoms. The van der Waals surface area contributed by atoms with Crippen LogP contribution < -0.4 is 0 Å². The van der Waals surface area contributed by atoms with Gasteiger partial charge in [-0.3, -0.25) is 0 Å². The molecule has 4 heteroatoms. The zero-order valence-corrected chi connectivity index (χ0v) is 8.73. The minimum atomic E-state index is 0.767. The lowest BCUT2D eigenvalue weighted by Crippen LogP contribution is -2.12. The Balaban J connectivity index is 2.33. The highest BCUT2D eigenvalue weighted by atomic mass is 127. The van der Waals surface area contributed by atoms with E-state index in [1.807, 2.05) is 11.8 Å². The summed E-state index contributed by atoms with van der Waals surface area (Å²) in [6, 6.07) is 0. The van der Waals surface area contributed by atoms with E-state index in [1.54, 1.807) is 0 Å². The van der Waals surface area contributed by atoms with Crippen LogP contribution in [0.3, 0.4) is 0 Å². The van der Waals surface area contributed by atoms with Crippen molar-refractivity contribution in [3.8, 4) is 0 Å². The van der Waals surface area contributed by atoms with E-state index in [4.69, 9.17) is 0 Å². The quantitative estimate of drug-likeness (QED) is 0.287. The van der Waals surface area contributed by atoms with Crippen molar-refractivity contribution >= 4 is 57.2 Å². The molecule has 1 saturated heterocycles. The van der Waals surface area contributed by atoms with Crippen LogP contribution in [0.4, 0.5) is 0 Å². The van der Waals surface area contributed by atoms with Crippen LogP contribution in [0.2, 0.25) is 0 Å². The third kappa shape index (κ3) is 1.87. The molecule has 1 heterocycles. The molecule has 0 N–H and O–H groups in total. The first-order chi connectivity index (χ1) is 3.30. The topological polar surface area (TPSA) is 3.24 Å². The molecule has 1 atom stereocenters. The van der Waals surface area contributed by atoms with E-state index >= 15 is 0 Å². The summed E-state index contributed by atoms with van der Waals surface area (Å²) in [6.07, 6.45) is 0. The Labute approximate surface area is 75.2 Å². The molecule has 1 fully saturated rings. The number of nitrogens with zero attached hydrogens (tertiary/aromatic N) is 1. The molecule has 0 aromatic carbocycles. The maximum Gasteiger partial charge on any atom is 0.0809 e. The summed E-state index contributed by atoms with van der Waals surface area (Å²) in [6.45, 7) is 0. The van der Waals surface area contributed by atoms with E-state index in [-0.39, 0.29) is 0 Å². The average molecular weight is 341 g/mol. The highest BCUT2D eigenvalue weighted by Gasteiger charge is 2.18. The van der Waals surface area contributed by atoms with Gasteiger partial charge in [-0.25, -0.2) is 3.11 Å². The fourth-order valence-corrected chi connectivity index (χ4v) is 3.52. The van der Waals surface area contributed by atoms with Gasteiger partial charge in [0.15, 0.2) is 0 Å². The van der Waals surface area contributed by atoms with E-state index in [0.29, 0.717) is 0 Å². The predicted molar refractivity (Wildman–Crippen MR) is 51.0 cm³/mol. The van der Waals surface area contributed by atoms with Crippen LogP contribution in [0.15, 0.2) is 0 Å². The average Bonchev–Trinajstić information content (AvgIpc) is 1.91. The molecule has 1 rings (SSSR count). The van der Waals surface area contributed by atoms with E-state index in [0.717, 1.165) is 4.05 Å². The molecule has 0 radical (unpaired) electrons. The van der Waals surface area contributed by atoms with Gasteiger partial charge in [0.2, 0.25) is 0 Å². The van der Waals surface area contributed by atoms with Gasteiger partial charge in [-0.15, -0.1) is 11.8 Å². The Morgan fingerprint density at radius 1 is 1.71 bits per heavy atom. The molecular weight excluding hydrogens is 336 g/mol. The minimum absolute atomic E-state index is 0.767. The third-order valence-corrected chi connectivity index (χ3v) is 6.04. The van der Waals surface area contributed by atoms with Gasteiger partial charge in [-0.2, -0.15) is 0 Å². The van der Waals surface area contributed by atoms with Crippen LogP contribution in [-0.2, 0) is 0 Å². The summed E-state index contributed by atoms with van der Waals surface area (Å²) in [7, 11) is 0.